The Morgan fingerprint density at radius 2 is 2.14 bits per heavy atom. The van der Waals surface area contributed by atoms with Gasteiger partial charge < -0.3 is 5.32 Å². The van der Waals surface area contributed by atoms with E-state index in [4.69, 9.17) is 11.6 Å². The molecule has 0 saturated carbocycles. The highest BCUT2D eigenvalue weighted by Crippen LogP contribution is 2.29. The molecular weight excluding hydrogens is 329 g/mol. The minimum Gasteiger partial charge on any atom is -0.306 e. The average molecular weight is 343 g/mol. The SMILES string of the molecule is CS(=O)(=O)N[C@@H]1[C@H](Cc2cccc(Cl)c2F)NCC1(F)F. The maximum atomic E-state index is 13.8. The van der Waals surface area contributed by atoms with Gasteiger partial charge in [0.05, 0.1) is 17.8 Å². The molecular formula is C12H14ClF3N2O2S. The summed E-state index contributed by atoms with van der Waals surface area (Å²) in [7, 11) is -3.81. The Labute approximate surface area is 125 Å². The van der Waals surface area contributed by atoms with Crippen LogP contribution in [0.1, 0.15) is 5.56 Å². The lowest BCUT2D eigenvalue weighted by atomic mass is 9.99. The smallest absolute Gasteiger partial charge is 0.277 e. The van der Waals surface area contributed by atoms with E-state index in [1.165, 1.54) is 18.2 Å². The highest BCUT2D eigenvalue weighted by atomic mass is 35.5. The van der Waals surface area contributed by atoms with Crippen molar-refractivity contribution in [3.63, 3.8) is 0 Å². The predicted octanol–water partition coefficient (Wildman–Crippen LogP) is 1.55. The molecule has 2 N–H and O–H groups in total. The first-order valence-electron chi connectivity index (χ1n) is 6.11. The quantitative estimate of drug-likeness (QED) is 0.873. The summed E-state index contributed by atoms with van der Waals surface area (Å²) >= 11 is 5.64. The number of hydrogen-bond donors (Lipinski definition) is 2. The van der Waals surface area contributed by atoms with Crippen molar-refractivity contribution in [1.29, 1.82) is 0 Å². The Hall–Kier alpha value is -0.830. The van der Waals surface area contributed by atoms with Crippen molar-refractivity contribution in [2.24, 2.45) is 0 Å². The van der Waals surface area contributed by atoms with Crippen LogP contribution >= 0.6 is 11.6 Å². The third-order valence-electron chi connectivity index (χ3n) is 3.27. The van der Waals surface area contributed by atoms with Gasteiger partial charge in [-0.05, 0) is 18.1 Å². The van der Waals surface area contributed by atoms with Gasteiger partial charge in [-0.2, -0.15) is 0 Å². The van der Waals surface area contributed by atoms with Gasteiger partial charge >= 0.3 is 0 Å². The standard InChI is InChI=1S/C12H14ClF3N2O2S/c1-21(19,20)18-11-9(17-6-12(11,15)16)5-7-3-2-4-8(13)10(7)14/h2-4,9,11,17-18H,5-6H2,1H3/t9-,11+/m0/s1. The zero-order valence-corrected chi connectivity index (χ0v) is 12.6. The molecule has 0 radical (unpaired) electrons. The summed E-state index contributed by atoms with van der Waals surface area (Å²) in [5, 5.41) is 2.42. The fraction of sp³-hybridized carbons (Fsp3) is 0.500. The van der Waals surface area contributed by atoms with Gasteiger partial charge in [0.1, 0.15) is 11.9 Å². The van der Waals surface area contributed by atoms with Crippen LogP contribution in [0.5, 0.6) is 0 Å². The molecule has 0 amide bonds. The van der Waals surface area contributed by atoms with Gasteiger partial charge in [-0.1, -0.05) is 23.7 Å². The van der Waals surface area contributed by atoms with Crippen LogP contribution in [0.25, 0.3) is 0 Å². The van der Waals surface area contributed by atoms with Gasteiger partial charge in [-0.15, -0.1) is 0 Å². The lowest BCUT2D eigenvalue weighted by Crippen LogP contribution is -2.51. The second-order valence-corrected chi connectivity index (χ2v) is 7.22. The first-order chi connectivity index (χ1) is 9.60. The molecule has 2 atom stereocenters. The largest absolute Gasteiger partial charge is 0.306 e. The Bertz CT molecular complexity index is 639. The molecule has 1 saturated heterocycles. The summed E-state index contributed by atoms with van der Waals surface area (Å²) < 4.78 is 65.7. The predicted molar refractivity (Wildman–Crippen MR) is 73.6 cm³/mol. The number of alkyl halides is 2. The lowest BCUT2D eigenvalue weighted by Gasteiger charge is -2.24. The summed E-state index contributed by atoms with van der Waals surface area (Å²) in [6.45, 7) is -0.674. The van der Waals surface area contributed by atoms with Gasteiger partial charge in [-0.3, -0.25) is 0 Å². The van der Waals surface area contributed by atoms with E-state index in [9.17, 15) is 21.6 Å². The van der Waals surface area contributed by atoms with E-state index in [-0.39, 0.29) is 17.0 Å². The van der Waals surface area contributed by atoms with Gasteiger partial charge in [0.15, 0.2) is 0 Å². The second kappa shape index (κ2) is 5.75. The number of nitrogens with one attached hydrogen (secondary N) is 2. The summed E-state index contributed by atoms with van der Waals surface area (Å²) in [4.78, 5) is 0. The van der Waals surface area contributed by atoms with Crippen LogP contribution < -0.4 is 10.0 Å². The molecule has 9 heteroatoms. The van der Waals surface area contributed by atoms with E-state index in [0.29, 0.717) is 0 Å². The Kier molecular flexibility index (Phi) is 4.53. The van der Waals surface area contributed by atoms with Gasteiger partial charge in [0.2, 0.25) is 10.0 Å². The molecule has 1 aromatic rings. The zero-order valence-electron chi connectivity index (χ0n) is 11.0. The minimum absolute atomic E-state index is 0.102. The maximum absolute atomic E-state index is 13.8. The average Bonchev–Trinajstić information content (AvgIpc) is 2.61. The molecule has 1 aliphatic heterocycles. The number of sulfonamides is 1. The first kappa shape index (κ1) is 16.5. The molecule has 0 unspecified atom stereocenters. The van der Waals surface area contributed by atoms with Crippen LogP contribution in [0, 0.1) is 5.82 Å². The van der Waals surface area contributed by atoms with Crippen molar-refractivity contribution in [3.05, 3.63) is 34.6 Å². The first-order valence-corrected chi connectivity index (χ1v) is 8.38. The topological polar surface area (TPSA) is 58.2 Å². The molecule has 0 spiro atoms. The summed E-state index contributed by atoms with van der Waals surface area (Å²) in [5.74, 6) is -3.93. The van der Waals surface area contributed by atoms with Crippen LogP contribution in [0.2, 0.25) is 5.02 Å². The number of rotatable bonds is 4. The third kappa shape index (κ3) is 3.88. The Morgan fingerprint density at radius 1 is 1.48 bits per heavy atom. The highest BCUT2D eigenvalue weighted by Gasteiger charge is 2.51. The Morgan fingerprint density at radius 3 is 2.76 bits per heavy atom. The summed E-state index contributed by atoms with van der Waals surface area (Å²) in [5.41, 5.74) is 0.151. The minimum atomic E-state index is -3.81. The maximum Gasteiger partial charge on any atom is 0.277 e. The van der Waals surface area contributed by atoms with Crippen molar-refractivity contribution in [1.82, 2.24) is 10.0 Å². The molecule has 0 aromatic heterocycles. The van der Waals surface area contributed by atoms with Crippen molar-refractivity contribution in [2.45, 2.75) is 24.4 Å². The van der Waals surface area contributed by atoms with Crippen LogP contribution in [0.4, 0.5) is 13.2 Å². The molecule has 4 nitrogen and oxygen atoms in total. The Balaban J connectivity index is 2.24. The number of hydrogen-bond acceptors (Lipinski definition) is 3. The van der Waals surface area contributed by atoms with E-state index < -0.39 is 40.4 Å². The normalized spacial score (nSPS) is 25.2. The van der Waals surface area contributed by atoms with Crippen molar-refractivity contribution >= 4 is 21.6 Å². The molecule has 1 aromatic carbocycles. The molecule has 1 aliphatic rings. The lowest BCUT2D eigenvalue weighted by molar-refractivity contribution is -0.000840. The number of benzene rings is 1. The van der Waals surface area contributed by atoms with Crippen LogP contribution in [-0.4, -0.2) is 39.2 Å². The van der Waals surface area contributed by atoms with Gasteiger partial charge in [-0.25, -0.2) is 26.3 Å². The molecule has 1 heterocycles. The molecule has 0 aliphatic carbocycles. The van der Waals surface area contributed by atoms with Crippen LogP contribution in [0.3, 0.4) is 0 Å². The molecule has 0 bridgehead atoms. The van der Waals surface area contributed by atoms with E-state index in [1.54, 1.807) is 0 Å². The number of halogens is 4. The van der Waals surface area contributed by atoms with Crippen molar-refractivity contribution in [2.75, 3.05) is 12.8 Å². The molecule has 1 fully saturated rings. The van der Waals surface area contributed by atoms with E-state index in [2.05, 4.69) is 5.32 Å². The summed E-state index contributed by atoms with van der Waals surface area (Å²) in [6.07, 6.45) is 0.702. The fourth-order valence-electron chi connectivity index (χ4n) is 2.32. The van der Waals surface area contributed by atoms with Crippen molar-refractivity contribution < 1.29 is 21.6 Å². The summed E-state index contributed by atoms with van der Waals surface area (Å²) in [6, 6.07) is 1.72. The van der Waals surface area contributed by atoms with Crippen LogP contribution in [0.15, 0.2) is 18.2 Å². The fourth-order valence-corrected chi connectivity index (χ4v) is 3.31. The molecule has 2 rings (SSSR count). The van der Waals surface area contributed by atoms with Crippen molar-refractivity contribution in [3.8, 4) is 0 Å². The van der Waals surface area contributed by atoms with Crippen LogP contribution in [-0.2, 0) is 16.4 Å². The van der Waals surface area contributed by atoms with Gasteiger partial charge in [0, 0.05) is 6.04 Å². The monoisotopic (exact) mass is 342 g/mol. The van der Waals surface area contributed by atoms with E-state index in [0.717, 1.165) is 6.26 Å². The highest BCUT2D eigenvalue weighted by molar-refractivity contribution is 7.88. The zero-order chi connectivity index (χ0) is 15.8. The molecule has 21 heavy (non-hydrogen) atoms. The van der Waals surface area contributed by atoms with E-state index in [1.807, 2.05) is 4.72 Å². The second-order valence-electron chi connectivity index (χ2n) is 5.03. The van der Waals surface area contributed by atoms with E-state index >= 15 is 0 Å². The van der Waals surface area contributed by atoms with Gasteiger partial charge in [0.25, 0.3) is 5.92 Å². The third-order valence-corrected chi connectivity index (χ3v) is 4.24. The molecule has 118 valence electrons.